The number of fused-ring (bicyclic) bond motifs is 1. The third-order valence-electron chi connectivity index (χ3n) is 3.68. The van der Waals surface area contributed by atoms with Crippen LogP contribution in [0.1, 0.15) is 31.2 Å². The van der Waals surface area contributed by atoms with Crippen LogP contribution >= 0.6 is 0 Å². The summed E-state index contributed by atoms with van der Waals surface area (Å²) >= 11 is 0. The van der Waals surface area contributed by atoms with E-state index in [2.05, 4.69) is 29.6 Å². The van der Waals surface area contributed by atoms with Crippen molar-refractivity contribution >= 4 is 0 Å². The van der Waals surface area contributed by atoms with Crippen molar-refractivity contribution in [3.63, 3.8) is 0 Å². The highest BCUT2D eigenvalue weighted by molar-refractivity contribution is 5.43. The molecule has 102 valence electrons. The fraction of sp³-hybridized carbons (Fsp3) is 0.500. The lowest BCUT2D eigenvalue weighted by atomic mass is 10.0. The molecule has 1 heterocycles. The SMILES string of the molecule is C1=CCC(NCc2ccc3c(c2)OCCCO3)CC1. The lowest BCUT2D eigenvalue weighted by molar-refractivity contribution is 0.297. The normalized spacial score (nSPS) is 22.0. The van der Waals surface area contributed by atoms with Crippen molar-refractivity contribution in [3.05, 3.63) is 35.9 Å². The predicted octanol–water partition coefficient (Wildman–Crippen LogP) is 3.05. The van der Waals surface area contributed by atoms with Gasteiger partial charge in [0.15, 0.2) is 11.5 Å². The summed E-state index contributed by atoms with van der Waals surface area (Å²) in [5.74, 6) is 1.77. The first-order valence-electron chi connectivity index (χ1n) is 7.19. The molecule has 0 spiro atoms. The minimum Gasteiger partial charge on any atom is -0.490 e. The summed E-state index contributed by atoms with van der Waals surface area (Å²) in [5, 5.41) is 3.61. The summed E-state index contributed by atoms with van der Waals surface area (Å²) in [5.41, 5.74) is 1.26. The minimum absolute atomic E-state index is 0.612. The molecule has 3 rings (SSSR count). The Bertz CT molecular complexity index is 456. The predicted molar refractivity (Wildman–Crippen MR) is 75.7 cm³/mol. The van der Waals surface area contributed by atoms with Gasteiger partial charge in [0.2, 0.25) is 0 Å². The first kappa shape index (κ1) is 12.5. The Hall–Kier alpha value is -1.48. The number of hydrogen-bond donors (Lipinski definition) is 1. The van der Waals surface area contributed by atoms with Gasteiger partial charge >= 0.3 is 0 Å². The zero-order valence-corrected chi connectivity index (χ0v) is 11.2. The second-order valence-corrected chi connectivity index (χ2v) is 5.19. The van der Waals surface area contributed by atoms with Crippen LogP contribution in [0.3, 0.4) is 0 Å². The van der Waals surface area contributed by atoms with E-state index in [1.54, 1.807) is 0 Å². The van der Waals surface area contributed by atoms with Crippen molar-refractivity contribution in [1.29, 1.82) is 0 Å². The second-order valence-electron chi connectivity index (χ2n) is 5.19. The van der Waals surface area contributed by atoms with Gasteiger partial charge in [0.05, 0.1) is 13.2 Å². The van der Waals surface area contributed by atoms with Gasteiger partial charge in [0, 0.05) is 19.0 Å². The molecule has 3 heteroatoms. The van der Waals surface area contributed by atoms with Crippen LogP contribution in [0.25, 0.3) is 0 Å². The molecule has 0 saturated carbocycles. The van der Waals surface area contributed by atoms with E-state index in [9.17, 15) is 0 Å². The van der Waals surface area contributed by atoms with E-state index in [1.165, 1.54) is 18.4 Å². The molecule has 19 heavy (non-hydrogen) atoms. The molecule has 0 aromatic heterocycles. The van der Waals surface area contributed by atoms with Gasteiger partial charge in [-0.1, -0.05) is 18.2 Å². The third kappa shape index (κ3) is 3.29. The van der Waals surface area contributed by atoms with Crippen LogP contribution in [0.15, 0.2) is 30.4 Å². The zero-order chi connectivity index (χ0) is 12.9. The third-order valence-corrected chi connectivity index (χ3v) is 3.68. The number of benzene rings is 1. The van der Waals surface area contributed by atoms with Gasteiger partial charge in [-0.15, -0.1) is 0 Å². The topological polar surface area (TPSA) is 30.5 Å². The van der Waals surface area contributed by atoms with Gasteiger partial charge in [-0.2, -0.15) is 0 Å². The molecule has 1 aromatic rings. The quantitative estimate of drug-likeness (QED) is 0.846. The maximum absolute atomic E-state index is 5.72. The van der Waals surface area contributed by atoms with Crippen LogP contribution in [0.5, 0.6) is 11.5 Å². The Kier molecular flexibility index (Phi) is 4.04. The largest absolute Gasteiger partial charge is 0.490 e. The maximum atomic E-state index is 5.72. The van der Waals surface area contributed by atoms with Gasteiger partial charge in [-0.25, -0.2) is 0 Å². The molecule has 0 radical (unpaired) electrons. The smallest absolute Gasteiger partial charge is 0.161 e. The molecule has 0 bridgehead atoms. The van der Waals surface area contributed by atoms with Crippen molar-refractivity contribution < 1.29 is 9.47 Å². The first-order chi connectivity index (χ1) is 9.42. The molecule has 0 amide bonds. The standard InChI is InChI=1S/C16H21NO2/c1-2-5-14(6-3-1)17-12-13-7-8-15-16(11-13)19-10-4-9-18-15/h1-2,7-8,11,14,17H,3-6,9-10,12H2. The number of hydrogen-bond acceptors (Lipinski definition) is 3. The molecule has 1 aromatic carbocycles. The molecule has 1 aliphatic carbocycles. The molecule has 0 fully saturated rings. The van der Waals surface area contributed by atoms with E-state index in [-0.39, 0.29) is 0 Å². The van der Waals surface area contributed by atoms with Crippen molar-refractivity contribution in [1.82, 2.24) is 5.32 Å². The Morgan fingerprint density at radius 3 is 2.84 bits per heavy atom. The van der Waals surface area contributed by atoms with Crippen LogP contribution in [0.2, 0.25) is 0 Å². The lowest BCUT2D eigenvalue weighted by Crippen LogP contribution is -2.29. The fourth-order valence-corrected chi connectivity index (χ4v) is 2.56. The van der Waals surface area contributed by atoms with Crippen LogP contribution < -0.4 is 14.8 Å². The summed E-state index contributed by atoms with van der Waals surface area (Å²) in [7, 11) is 0. The second kappa shape index (κ2) is 6.11. The number of nitrogens with one attached hydrogen (secondary N) is 1. The molecule has 0 saturated heterocycles. The molecule has 1 unspecified atom stereocenters. The van der Waals surface area contributed by atoms with Crippen LogP contribution in [-0.4, -0.2) is 19.3 Å². The van der Waals surface area contributed by atoms with Crippen molar-refractivity contribution in [2.75, 3.05) is 13.2 Å². The van der Waals surface area contributed by atoms with Crippen molar-refractivity contribution in [3.8, 4) is 11.5 Å². The Morgan fingerprint density at radius 1 is 1.11 bits per heavy atom. The molecular weight excluding hydrogens is 238 g/mol. The average Bonchev–Trinajstić information content (AvgIpc) is 2.71. The summed E-state index contributed by atoms with van der Waals surface area (Å²) in [4.78, 5) is 0. The number of rotatable bonds is 3. The zero-order valence-electron chi connectivity index (χ0n) is 11.2. The Balaban J connectivity index is 1.61. The van der Waals surface area contributed by atoms with Gasteiger partial charge in [-0.05, 0) is 37.0 Å². The summed E-state index contributed by atoms with van der Waals surface area (Å²) < 4.78 is 11.4. The van der Waals surface area contributed by atoms with E-state index < -0.39 is 0 Å². The van der Waals surface area contributed by atoms with Crippen LogP contribution in [0, 0.1) is 0 Å². The van der Waals surface area contributed by atoms with Gasteiger partial charge in [0.25, 0.3) is 0 Å². The van der Waals surface area contributed by atoms with Gasteiger partial charge < -0.3 is 14.8 Å². The number of allylic oxidation sites excluding steroid dienone is 1. The Labute approximate surface area is 114 Å². The average molecular weight is 259 g/mol. The summed E-state index contributed by atoms with van der Waals surface area (Å²) in [6.45, 7) is 2.39. The molecule has 2 aliphatic rings. The molecule has 3 nitrogen and oxygen atoms in total. The highest BCUT2D eigenvalue weighted by Crippen LogP contribution is 2.30. The molecule has 1 aliphatic heterocycles. The van der Waals surface area contributed by atoms with E-state index in [0.717, 1.165) is 44.1 Å². The summed E-state index contributed by atoms with van der Waals surface area (Å²) in [6, 6.07) is 6.87. The monoisotopic (exact) mass is 259 g/mol. The van der Waals surface area contributed by atoms with Crippen LogP contribution in [0.4, 0.5) is 0 Å². The lowest BCUT2D eigenvalue weighted by Gasteiger charge is -2.19. The number of ether oxygens (including phenoxy) is 2. The van der Waals surface area contributed by atoms with E-state index in [1.807, 2.05) is 6.07 Å². The molecular formula is C16H21NO2. The van der Waals surface area contributed by atoms with Gasteiger partial charge in [-0.3, -0.25) is 0 Å². The highest BCUT2D eigenvalue weighted by atomic mass is 16.5. The van der Waals surface area contributed by atoms with E-state index >= 15 is 0 Å². The van der Waals surface area contributed by atoms with Gasteiger partial charge in [0.1, 0.15) is 0 Å². The maximum Gasteiger partial charge on any atom is 0.161 e. The fourth-order valence-electron chi connectivity index (χ4n) is 2.56. The van der Waals surface area contributed by atoms with Crippen molar-refractivity contribution in [2.24, 2.45) is 0 Å². The molecule has 1 atom stereocenters. The molecule has 1 N–H and O–H groups in total. The Morgan fingerprint density at radius 2 is 2.00 bits per heavy atom. The van der Waals surface area contributed by atoms with E-state index in [0.29, 0.717) is 6.04 Å². The highest BCUT2D eigenvalue weighted by Gasteiger charge is 2.12. The van der Waals surface area contributed by atoms with Crippen LogP contribution in [-0.2, 0) is 6.54 Å². The van der Waals surface area contributed by atoms with E-state index in [4.69, 9.17) is 9.47 Å². The summed E-state index contributed by atoms with van der Waals surface area (Å²) in [6.07, 6.45) is 9.07. The first-order valence-corrected chi connectivity index (χ1v) is 7.19. The van der Waals surface area contributed by atoms with Crippen molar-refractivity contribution in [2.45, 2.75) is 38.3 Å². The minimum atomic E-state index is 0.612.